The number of ether oxygens (including phenoxy) is 1. The molecule has 0 saturated carbocycles. The van der Waals surface area contributed by atoms with Crippen molar-refractivity contribution in [2.45, 2.75) is 32.8 Å². The summed E-state index contributed by atoms with van der Waals surface area (Å²) in [6.45, 7) is 4.89. The van der Waals surface area contributed by atoms with Crippen molar-refractivity contribution in [2.75, 3.05) is 13.2 Å². The molecule has 0 aliphatic carbocycles. The van der Waals surface area contributed by atoms with Crippen molar-refractivity contribution in [3.8, 4) is 0 Å². The largest absolute Gasteiger partial charge is 0.377 e. The van der Waals surface area contributed by atoms with Crippen LogP contribution in [-0.4, -0.2) is 25.2 Å². The highest BCUT2D eigenvalue weighted by molar-refractivity contribution is 5.76. The highest BCUT2D eigenvalue weighted by Gasteiger charge is 2.05. The molecule has 18 heavy (non-hydrogen) atoms. The van der Waals surface area contributed by atoms with Gasteiger partial charge in [-0.3, -0.25) is 4.79 Å². The van der Waals surface area contributed by atoms with Crippen molar-refractivity contribution >= 4 is 5.91 Å². The molecule has 0 bridgehead atoms. The number of carbonyl (C=O) groups is 1. The van der Waals surface area contributed by atoms with Gasteiger partial charge in [0.05, 0.1) is 12.7 Å². The van der Waals surface area contributed by atoms with Gasteiger partial charge in [-0.1, -0.05) is 18.2 Å². The number of amides is 1. The van der Waals surface area contributed by atoms with E-state index in [9.17, 15) is 9.18 Å². The molecular formula is C14H20FNO2. The van der Waals surface area contributed by atoms with Crippen molar-refractivity contribution in [3.63, 3.8) is 0 Å². The van der Waals surface area contributed by atoms with E-state index < -0.39 is 0 Å². The fourth-order valence-electron chi connectivity index (χ4n) is 1.52. The lowest BCUT2D eigenvalue weighted by Crippen LogP contribution is -2.28. The van der Waals surface area contributed by atoms with Crippen LogP contribution in [0.3, 0.4) is 0 Å². The lowest BCUT2D eigenvalue weighted by atomic mass is 10.1. The molecule has 0 heterocycles. The number of hydrogen-bond donors (Lipinski definition) is 1. The standard InChI is InChI=1S/C14H20FNO2/c1-11(2)18-10-9-16-14(17)8-7-12-5-3-4-6-13(12)15/h3-6,11H,7-10H2,1-2H3,(H,16,17). The van der Waals surface area contributed by atoms with Gasteiger partial charge in [-0.05, 0) is 31.9 Å². The van der Waals surface area contributed by atoms with Crippen LogP contribution < -0.4 is 5.32 Å². The Bertz CT molecular complexity index is 380. The Balaban J connectivity index is 2.19. The van der Waals surface area contributed by atoms with Gasteiger partial charge in [-0.15, -0.1) is 0 Å². The molecule has 0 saturated heterocycles. The zero-order chi connectivity index (χ0) is 13.4. The summed E-state index contributed by atoms with van der Waals surface area (Å²) in [5, 5.41) is 2.74. The number of carbonyl (C=O) groups excluding carboxylic acids is 1. The van der Waals surface area contributed by atoms with E-state index in [-0.39, 0.29) is 17.8 Å². The summed E-state index contributed by atoms with van der Waals surface area (Å²) in [5.41, 5.74) is 0.575. The molecule has 1 rings (SSSR count). The number of nitrogens with one attached hydrogen (secondary N) is 1. The SMILES string of the molecule is CC(C)OCCNC(=O)CCc1ccccc1F. The summed E-state index contributed by atoms with van der Waals surface area (Å²) in [4.78, 5) is 11.5. The van der Waals surface area contributed by atoms with Gasteiger partial charge in [-0.2, -0.15) is 0 Å². The fraction of sp³-hybridized carbons (Fsp3) is 0.500. The first kappa shape index (κ1) is 14.6. The quantitative estimate of drug-likeness (QED) is 0.757. The molecule has 100 valence electrons. The van der Waals surface area contributed by atoms with E-state index >= 15 is 0 Å². The Hall–Kier alpha value is -1.42. The zero-order valence-corrected chi connectivity index (χ0v) is 10.9. The maximum absolute atomic E-state index is 13.3. The van der Waals surface area contributed by atoms with Gasteiger partial charge in [0.2, 0.25) is 5.91 Å². The Labute approximate surface area is 107 Å². The molecule has 1 aromatic carbocycles. The molecule has 0 aromatic heterocycles. The highest BCUT2D eigenvalue weighted by Crippen LogP contribution is 2.08. The van der Waals surface area contributed by atoms with Crippen molar-refractivity contribution in [3.05, 3.63) is 35.6 Å². The summed E-state index contributed by atoms with van der Waals surface area (Å²) in [6.07, 6.45) is 0.881. The minimum absolute atomic E-state index is 0.0781. The molecule has 0 fully saturated rings. The summed E-state index contributed by atoms with van der Waals surface area (Å²) in [5.74, 6) is -0.334. The predicted molar refractivity (Wildman–Crippen MR) is 68.8 cm³/mol. The monoisotopic (exact) mass is 253 g/mol. The molecule has 0 aliphatic heterocycles. The first-order chi connectivity index (χ1) is 8.59. The lowest BCUT2D eigenvalue weighted by Gasteiger charge is -2.08. The van der Waals surface area contributed by atoms with Gasteiger partial charge in [0, 0.05) is 13.0 Å². The van der Waals surface area contributed by atoms with Gasteiger partial charge in [0.1, 0.15) is 5.82 Å². The average molecular weight is 253 g/mol. The van der Waals surface area contributed by atoms with E-state index in [1.165, 1.54) is 6.07 Å². The van der Waals surface area contributed by atoms with Crippen molar-refractivity contribution in [1.29, 1.82) is 0 Å². The van der Waals surface area contributed by atoms with Crippen molar-refractivity contribution in [2.24, 2.45) is 0 Å². The third kappa shape index (κ3) is 5.77. The van der Waals surface area contributed by atoms with Crippen molar-refractivity contribution < 1.29 is 13.9 Å². The first-order valence-corrected chi connectivity index (χ1v) is 6.21. The van der Waals surface area contributed by atoms with E-state index in [0.717, 1.165) is 0 Å². The van der Waals surface area contributed by atoms with Crippen LogP contribution in [0.5, 0.6) is 0 Å². The van der Waals surface area contributed by atoms with Gasteiger partial charge >= 0.3 is 0 Å². The van der Waals surface area contributed by atoms with Crippen LogP contribution in [0.1, 0.15) is 25.8 Å². The van der Waals surface area contributed by atoms with Crippen LogP contribution in [-0.2, 0) is 16.0 Å². The van der Waals surface area contributed by atoms with Gasteiger partial charge in [0.15, 0.2) is 0 Å². The normalized spacial score (nSPS) is 10.7. The molecular weight excluding hydrogens is 233 g/mol. The predicted octanol–water partition coefficient (Wildman–Crippen LogP) is 2.30. The molecule has 0 unspecified atom stereocenters. The number of benzene rings is 1. The minimum atomic E-state index is -0.256. The Kier molecular flexibility index (Phi) is 6.36. The number of halogens is 1. The van der Waals surface area contributed by atoms with E-state index in [1.807, 2.05) is 13.8 Å². The molecule has 0 spiro atoms. The number of rotatable bonds is 7. The zero-order valence-electron chi connectivity index (χ0n) is 10.9. The highest BCUT2D eigenvalue weighted by atomic mass is 19.1. The Morgan fingerprint density at radius 1 is 1.39 bits per heavy atom. The van der Waals surface area contributed by atoms with Gasteiger partial charge in [0.25, 0.3) is 0 Å². The van der Waals surface area contributed by atoms with E-state index in [1.54, 1.807) is 18.2 Å². The second-order valence-corrected chi connectivity index (χ2v) is 4.36. The van der Waals surface area contributed by atoms with E-state index in [2.05, 4.69) is 5.32 Å². The number of aryl methyl sites for hydroxylation is 1. The van der Waals surface area contributed by atoms with Crippen LogP contribution >= 0.6 is 0 Å². The van der Waals surface area contributed by atoms with Crippen molar-refractivity contribution in [1.82, 2.24) is 5.32 Å². The van der Waals surface area contributed by atoms with Crippen LogP contribution in [0.4, 0.5) is 4.39 Å². The summed E-state index contributed by atoms with van der Waals surface area (Å²) in [7, 11) is 0. The molecule has 3 nitrogen and oxygen atoms in total. The first-order valence-electron chi connectivity index (χ1n) is 6.21. The Morgan fingerprint density at radius 2 is 2.11 bits per heavy atom. The summed E-state index contributed by atoms with van der Waals surface area (Å²) in [6, 6.07) is 6.52. The van der Waals surface area contributed by atoms with Gasteiger partial charge in [-0.25, -0.2) is 4.39 Å². The third-order valence-corrected chi connectivity index (χ3v) is 2.45. The second-order valence-electron chi connectivity index (χ2n) is 4.36. The Morgan fingerprint density at radius 3 is 2.78 bits per heavy atom. The summed E-state index contributed by atoms with van der Waals surface area (Å²) >= 11 is 0. The smallest absolute Gasteiger partial charge is 0.220 e. The summed E-state index contributed by atoms with van der Waals surface area (Å²) < 4.78 is 18.6. The maximum atomic E-state index is 13.3. The molecule has 1 amide bonds. The molecule has 1 aromatic rings. The minimum Gasteiger partial charge on any atom is -0.377 e. The van der Waals surface area contributed by atoms with E-state index in [4.69, 9.17) is 4.74 Å². The van der Waals surface area contributed by atoms with Crippen LogP contribution in [0, 0.1) is 5.82 Å². The molecule has 4 heteroatoms. The average Bonchev–Trinajstić information content (AvgIpc) is 2.33. The second kappa shape index (κ2) is 7.82. The molecule has 0 aliphatic rings. The lowest BCUT2D eigenvalue weighted by molar-refractivity contribution is -0.121. The molecule has 1 N–H and O–H groups in total. The van der Waals surface area contributed by atoms with Gasteiger partial charge < -0.3 is 10.1 Å². The van der Waals surface area contributed by atoms with E-state index in [0.29, 0.717) is 31.6 Å². The maximum Gasteiger partial charge on any atom is 0.220 e. The molecule has 0 atom stereocenters. The number of hydrogen-bond acceptors (Lipinski definition) is 2. The third-order valence-electron chi connectivity index (χ3n) is 2.45. The fourth-order valence-corrected chi connectivity index (χ4v) is 1.52. The van der Waals surface area contributed by atoms with Crippen LogP contribution in [0.25, 0.3) is 0 Å². The van der Waals surface area contributed by atoms with Crippen LogP contribution in [0.15, 0.2) is 24.3 Å². The van der Waals surface area contributed by atoms with Crippen LogP contribution in [0.2, 0.25) is 0 Å². The topological polar surface area (TPSA) is 38.3 Å². The molecule has 0 radical (unpaired) electrons.